The molecule has 7 nitrogen and oxygen atoms in total. The SMILES string of the molecule is CS(=O)(=O)N1CCN(C(=O)Cc2ccsc2)C[C@@H](C(N)=O)C1. The van der Waals surface area contributed by atoms with Gasteiger partial charge in [0.2, 0.25) is 21.8 Å². The lowest BCUT2D eigenvalue weighted by Gasteiger charge is -2.22. The van der Waals surface area contributed by atoms with Gasteiger partial charge in [-0.1, -0.05) is 0 Å². The third-order valence-electron chi connectivity index (χ3n) is 3.64. The molecule has 1 saturated heterocycles. The van der Waals surface area contributed by atoms with Gasteiger partial charge in [-0.25, -0.2) is 8.42 Å². The molecule has 122 valence electrons. The van der Waals surface area contributed by atoms with Crippen LogP contribution >= 0.6 is 11.3 Å². The quantitative estimate of drug-likeness (QED) is 0.794. The maximum absolute atomic E-state index is 12.4. The van der Waals surface area contributed by atoms with Crippen molar-refractivity contribution in [3.05, 3.63) is 22.4 Å². The number of hydrogen-bond donors (Lipinski definition) is 1. The van der Waals surface area contributed by atoms with Gasteiger partial charge in [0, 0.05) is 26.2 Å². The maximum Gasteiger partial charge on any atom is 0.227 e. The van der Waals surface area contributed by atoms with Crippen LogP contribution in [-0.4, -0.2) is 61.9 Å². The predicted octanol–water partition coefficient (Wildman–Crippen LogP) is -0.504. The molecule has 2 N–H and O–H groups in total. The Morgan fingerprint density at radius 1 is 1.36 bits per heavy atom. The number of nitrogens with zero attached hydrogens (tertiary/aromatic N) is 2. The zero-order chi connectivity index (χ0) is 16.3. The van der Waals surface area contributed by atoms with Gasteiger partial charge in [-0.05, 0) is 22.4 Å². The summed E-state index contributed by atoms with van der Waals surface area (Å²) in [5, 5.41) is 3.78. The number of nitrogens with two attached hydrogens (primary N) is 1. The second-order valence-electron chi connectivity index (χ2n) is 5.37. The number of rotatable bonds is 4. The van der Waals surface area contributed by atoms with Crippen molar-refractivity contribution in [3.63, 3.8) is 0 Å². The van der Waals surface area contributed by atoms with Gasteiger partial charge in [-0.2, -0.15) is 15.6 Å². The van der Waals surface area contributed by atoms with Gasteiger partial charge in [0.25, 0.3) is 0 Å². The molecule has 2 heterocycles. The van der Waals surface area contributed by atoms with E-state index in [9.17, 15) is 18.0 Å². The Bertz CT molecular complexity index is 642. The molecule has 1 fully saturated rings. The van der Waals surface area contributed by atoms with E-state index >= 15 is 0 Å². The molecule has 2 rings (SSSR count). The molecule has 0 aromatic carbocycles. The van der Waals surface area contributed by atoms with Crippen LogP contribution in [0, 0.1) is 5.92 Å². The van der Waals surface area contributed by atoms with E-state index in [1.165, 1.54) is 20.5 Å². The van der Waals surface area contributed by atoms with Crippen molar-refractivity contribution in [1.29, 1.82) is 0 Å². The van der Waals surface area contributed by atoms with Crippen LogP contribution in [0.3, 0.4) is 0 Å². The van der Waals surface area contributed by atoms with Crippen molar-refractivity contribution in [1.82, 2.24) is 9.21 Å². The Balaban J connectivity index is 2.12. The first-order valence-corrected chi connectivity index (χ1v) is 9.60. The molecule has 22 heavy (non-hydrogen) atoms. The molecule has 0 aliphatic carbocycles. The number of primary amides is 1. The normalized spacial score (nSPS) is 20.6. The average molecular weight is 345 g/mol. The molecule has 9 heteroatoms. The largest absolute Gasteiger partial charge is 0.369 e. The molecule has 0 radical (unpaired) electrons. The fourth-order valence-corrected chi connectivity index (χ4v) is 3.90. The van der Waals surface area contributed by atoms with Crippen molar-refractivity contribution >= 4 is 33.2 Å². The van der Waals surface area contributed by atoms with Gasteiger partial charge >= 0.3 is 0 Å². The van der Waals surface area contributed by atoms with Crippen LogP contribution in [0.15, 0.2) is 16.8 Å². The van der Waals surface area contributed by atoms with E-state index in [0.717, 1.165) is 11.8 Å². The summed E-state index contributed by atoms with van der Waals surface area (Å²) in [5.74, 6) is -1.41. The standard InChI is InChI=1S/C13H19N3O4S2/c1-22(19,20)16-4-3-15(7-11(8-16)13(14)18)12(17)6-10-2-5-21-9-10/h2,5,9,11H,3-4,6-8H2,1H3,(H2,14,18)/t11-/m1/s1. The molecule has 1 aliphatic heterocycles. The van der Waals surface area contributed by atoms with Crippen molar-refractivity contribution in [2.45, 2.75) is 6.42 Å². The van der Waals surface area contributed by atoms with Gasteiger partial charge in [-0.3, -0.25) is 9.59 Å². The molecular weight excluding hydrogens is 326 g/mol. The molecule has 0 spiro atoms. The second-order valence-corrected chi connectivity index (χ2v) is 8.13. The Kier molecular flexibility index (Phi) is 5.20. The topological polar surface area (TPSA) is 101 Å². The zero-order valence-corrected chi connectivity index (χ0v) is 13.9. The van der Waals surface area contributed by atoms with E-state index in [0.29, 0.717) is 0 Å². The lowest BCUT2D eigenvalue weighted by atomic mass is 10.1. The van der Waals surface area contributed by atoms with Crippen LogP contribution in [0.4, 0.5) is 0 Å². The maximum atomic E-state index is 12.4. The number of hydrogen-bond acceptors (Lipinski definition) is 5. The molecule has 0 saturated carbocycles. The van der Waals surface area contributed by atoms with Crippen LogP contribution in [0.2, 0.25) is 0 Å². The van der Waals surface area contributed by atoms with E-state index in [2.05, 4.69) is 0 Å². The summed E-state index contributed by atoms with van der Waals surface area (Å²) in [6.45, 7) is 0.624. The highest BCUT2D eigenvalue weighted by Gasteiger charge is 2.32. The molecule has 1 aliphatic rings. The average Bonchev–Trinajstić information content (AvgIpc) is 2.79. The molecule has 1 aromatic rings. The van der Waals surface area contributed by atoms with Crippen LogP contribution in [0.1, 0.15) is 5.56 Å². The van der Waals surface area contributed by atoms with Crippen LogP contribution in [0.25, 0.3) is 0 Å². The minimum Gasteiger partial charge on any atom is -0.369 e. The van der Waals surface area contributed by atoms with E-state index in [4.69, 9.17) is 5.73 Å². The summed E-state index contributed by atoms with van der Waals surface area (Å²) < 4.78 is 24.6. The highest BCUT2D eigenvalue weighted by molar-refractivity contribution is 7.88. The first-order chi connectivity index (χ1) is 10.3. The van der Waals surface area contributed by atoms with Crippen molar-refractivity contribution in [3.8, 4) is 0 Å². The smallest absolute Gasteiger partial charge is 0.227 e. The minimum absolute atomic E-state index is 0.0242. The number of carbonyl (C=O) groups is 2. The summed E-state index contributed by atoms with van der Waals surface area (Å²) >= 11 is 1.51. The number of carbonyl (C=O) groups excluding carboxylic acids is 2. The van der Waals surface area contributed by atoms with Crippen LogP contribution in [-0.2, 0) is 26.0 Å². The highest BCUT2D eigenvalue weighted by Crippen LogP contribution is 2.15. The fourth-order valence-electron chi connectivity index (χ4n) is 2.37. The summed E-state index contributed by atoms with van der Waals surface area (Å²) in [4.78, 5) is 25.4. The predicted molar refractivity (Wildman–Crippen MR) is 83.7 cm³/mol. The molecule has 2 amide bonds. The van der Waals surface area contributed by atoms with Crippen LogP contribution < -0.4 is 5.73 Å². The Morgan fingerprint density at radius 2 is 2.09 bits per heavy atom. The molecule has 0 bridgehead atoms. The summed E-state index contributed by atoms with van der Waals surface area (Å²) in [6.07, 6.45) is 1.34. The second kappa shape index (κ2) is 6.76. The van der Waals surface area contributed by atoms with E-state index < -0.39 is 21.8 Å². The summed E-state index contributed by atoms with van der Waals surface area (Å²) in [7, 11) is -3.43. The Hall–Kier alpha value is -1.45. The molecule has 0 unspecified atom stereocenters. The first kappa shape index (κ1) is 16.9. The van der Waals surface area contributed by atoms with Gasteiger partial charge in [0.1, 0.15) is 0 Å². The highest BCUT2D eigenvalue weighted by atomic mass is 32.2. The van der Waals surface area contributed by atoms with Gasteiger partial charge in [0.15, 0.2) is 0 Å². The van der Waals surface area contributed by atoms with Gasteiger partial charge < -0.3 is 10.6 Å². The lowest BCUT2D eigenvalue weighted by molar-refractivity contribution is -0.131. The molecule has 1 atom stereocenters. The molecule has 1 aromatic heterocycles. The number of thiophene rings is 1. The number of amides is 2. The van der Waals surface area contributed by atoms with Gasteiger partial charge in [0.05, 0.1) is 18.6 Å². The van der Waals surface area contributed by atoms with Gasteiger partial charge in [-0.15, -0.1) is 0 Å². The summed E-state index contributed by atoms with van der Waals surface area (Å²) in [5.41, 5.74) is 6.26. The minimum atomic E-state index is -3.43. The third kappa shape index (κ3) is 4.28. The summed E-state index contributed by atoms with van der Waals surface area (Å²) in [6, 6.07) is 1.87. The monoisotopic (exact) mass is 345 g/mol. The van der Waals surface area contributed by atoms with Crippen molar-refractivity contribution in [2.24, 2.45) is 11.7 Å². The third-order valence-corrected chi connectivity index (χ3v) is 5.65. The number of sulfonamides is 1. The Labute approximate surface area is 133 Å². The van der Waals surface area contributed by atoms with Crippen LogP contribution in [0.5, 0.6) is 0 Å². The van der Waals surface area contributed by atoms with E-state index in [1.807, 2.05) is 16.8 Å². The van der Waals surface area contributed by atoms with Crippen molar-refractivity contribution < 1.29 is 18.0 Å². The first-order valence-electron chi connectivity index (χ1n) is 6.80. The molecular formula is C13H19N3O4S2. The Morgan fingerprint density at radius 3 is 2.64 bits per heavy atom. The fraction of sp³-hybridized carbons (Fsp3) is 0.538. The van der Waals surface area contributed by atoms with E-state index in [1.54, 1.807) is 0 Å². The van der Waals surface area contributed by atoms with E-state index in [-0.39, 0.29) is 38.5 Å². The zero-order valence-electron chi connectivity index (χ0n) is 12.3. The lowest BCUT2D eigenvalue weighted by Crippen LogP contribution is -2.41. The van der Waals surface area contributed by atoms with Crippen molar-refractivity contribution in [2.75, 3.05) is 32.4 Å².